The first kappa shape index (κ1) is 35.1. The second-order valence-corrected chi connectivity index (χ2v) is 15.2. The van der Waals surface area contributed by atoms with Crippen molar-refractivity contribution in [3.05, 3.63) is 42.0 Å². The first-order chi connectivity index (χ1) is 24.3. The molecule has 2 saturated carbocycles. The molecule has 1 aliphatic heterocycles. The molecule has 2 N–H and O–H groups in total. The number of hydrogen-bond acceptors (Lipinski definition) is 10. The molecule has 0 spiro atoms. The SMILES string of the molecule is CC(C)(C)OC(=O)N(C(=O)OC(C)(C)C)c1ncnc2c1c(-c1ccc(NC(=O)Nc3cc(C4(C(F)(F)F)CC4)on3)c3c1CCO3)cn2C1CC1. The summed E-state index contributed by atoms with van der Waals surface area (Å²) in [5.41, 5.74) is -1.14. The van der Waals surface area contributed by atoms with Crippen molar-refractivity contribution in [2.24, 2.45) is 0 Å². The molecule has 276 valence electrons. The normalized spacial score (nSPS) is 16.6. The number of imide groups is 1. The molecule has 1 aromatic carbocycles. The molecule has 0 unspecified atom stereocenters. The minimum Gasteiger partial charge on any atom is -0.491 e. The summed E-state index contributed by atoms with van der Waals surface area (Å²) >= 11 is 0. The monoisotopic (exact) mass is 725 g/mol. The first-order valence-electron chi connectivity index (χ1n) is 16.9. The minimum atomic E-state index is -4.49. The molecular formula is C35H38F3N7O7. The highest BCUT2D eigenvalue weighted by atomic mass is 19.4. The molecule has 0 radical (unpaired) electrons. The number of aromatic nitrogens is 4. The molecule has 4 amide bonds. The number of carbonyl (C=O) groups is 3. The summed E-state index contributed by atoms with van der Waals surface area (Å²) in [6, 6.07) is 3.85. The smallest absolute Gasteiger partial charge is 0.425 e. The standard InChI is InChI=1S/C35H38F3N7O7/c1-32(2,3)50-30(47)45(31(48)51-33(4,5)6)28-25-21(16-44(18-7-8-18)27(25)39-17-40-28)19-9-10-22(26-20(19)11-14-49-26)41-29(46)42-24-15-23(52-43-24)34(12-13-34)35(36,37)38/h9-10,15-18H,7-8,11-14H2,1-6H3,(H2,41,42,43,46). The summed E-state index contributed by atoms with van der Waals surface area (Å²) in [4.78, 5) is 50.2. The summed E-state index contributed by atoms with van der Waals surface area (Å²) in [6.07, 6.45) is -1.20. The predicted octanol–water partition coefficient (Wildman–Crippen LogP) is 8.27. The fourth-order valence-corrected chi connectivity index (χ4v) is 6.21. The van der Waals surface area contributed by atoms with Gasteiger partial charge in [-0.15, -0.1) is 0 Å². The van der Waals surface area contributed by atoms with E-state index in [0.29, 0.717) is 46.6 Å². The van der Waals surface area contributed by atoms with Crippen LogP contribution in [-0.2, 0) is 21.3 Å². The zero-order chi connectivity index (χ0) is 37.4. The van der Waals surface area contributed by atoms with Crippen molar-refractivity contribution in [2.45, 2.75) is 102 Å². The number of alkyl halides is 3. The Morgan fingerprint density at radius 2 is 1.63 bits per heavy atom. The zero-order valence-corrected chi connectivity index (χ0v) is 29.4. The number of urea groups is 1. The Morgan fingerprint density at radius 1 is 0.962 bits per heavy atom. The van der Waals surface area contributed by atoms with Gasteiger partial charge in [-0.25, -0.2) is 24.4 Å². The number of nitrogens with zero attached hydrogens (tertiary/aromatic N) is 5. The molecular weight excluding hydrogens is 687 g/mol. The number of amides is 4. The van der Waals surface area contributed by atoms with Gasteiger partial charge in [0.05, 0.1) is 17.7 Å². The maximum atomic E-state index is 13.7. The lowest BCUT2D eigenvalue weighted by atomic mass is 9.97. The van der Waals surface area contributed by atoms with Gasteiger partial charge in [0.25, 0.3) is 0 Å². The van der Waals surface area contributed by atoms with Crippen LogP contribution in [0.5, 0.6) is 5.75 Å². The number of anilines is 3. The summed E-state index contributed by atoms with van der Waals surface area (Å²) < 4.78 is 64.9. The number of fused-ring (bicyclic) bond motifs is 2. The minimum absolute atomic E-state index is 0.0253. The number of rotatable bonds is 6. The highest BCUT2D eigenvalue weighted by Gasteiger charge is 2.67. The van der Waals surface area contributed by atoms with Crippen molar-refractivity contribution in [1.29, 1.82) is 0 Å². The van der Waals surface area contributed by atoms with E-state index in [9.17, 15) is 27.6 Å². The quantitative estimate of drug-likeness (QED) is 0.198. The van der Waals surface area contributed by atoms with Gasteiger partial charge in [-0.1, -0.05) is 11.2 Å². The van der Waals surface area contributed by atoms with Gasteiger partial charge in [0.2, 0.25) is 0 Å². The van der Waals surface area contributed by atoms with Gasteiger partial charge in [-0.05, 0) is 78.9 Å². The van der Waals surface area contributed by atoms with E-state index in [2.05, 4.69) is 25.8 Å². The average Bonchev–Trinajstić information content (AvgIpc) is 3.89. The van der Waals surface area contributed by atoms with E-state index in [4.69, 9.17) is 18.7 Å². The summed E-state index contributed by atoms with van der Waals surface area (Å²) in [6.45, 7) is 10.4. The fourth-order valence-electron chi connectivity index (χ4n) is 6.21. The number of hydrogen-bond donors (Lipinski definition) is 2. The van der Waals surface area contributed by atoms with E-state index >= 15 is 0 Å². The Labute approximate surface area is 296 Å². The Hall–Kier alpha value is -5.35. The number of carbonyl (C=O) groups excluding carboxylic acids is 3. The van der Waals surface area contributed by atoms with Crippen LogP contribution in [0.4, 0.5) is 44.9 Å². The molecule has 2 aliphatic carbocycles. The molecule has 3 aromatic heterocycles. The van der Waals surface area contributed by atoms with Crippen LogP contribution in [-0.4, -0.2) is 61.9 Å². The zero-order valence-electron chi connectivity index (χ0n) is 29.4. The van der Waals surface area contributed by atoms with Crippen molar-refractivity contribution >= 4 is 46.6 Å². The lowest BCUT2D eigenvalue weighted by Gasteiger charge is -2.28. The Morgan fingerprint density at radius 3 is 2.23 bits per heavy atom. The maximum absolute atomic E-state index is 13.7. The third-order valence-corrected chi connectivity index (χ3v) is 8.81. The van der Waals surface area contributed by atoms with Crippen molar-refractivity contribution in [1.82, 2.24) is 19.7 Å². The van der Waals surface area contributed by atoms with Crippen LogP contribution in [0, 0.1) is 0 Å². The molecule has 2 fully saturated rings. The van der Waals surface area contributed by atoms with Gasteiger partial charge in [0.15, 0.2) is 17.4 Å². The maximum Gasteiger partial charge on any atom is 0.425 e. The van der Waals surface area contributed by atoms with E-state index in [-0.39, 0.29) is 36.3 Å². The molecule has 3 aliphatic rings. The van der Waals surface area contributed by atoms with Gasteiger partial charge in [-0.2, -0.15) is 18.1 Å². The Kier molecular flexibility index (Phi) is 8.17. The largest absolute Gasteiger partial charge is 0.491 e. The molecule has 17 heteroatoms. The van der Waals surface area contributed by atoms with Crippen molar-refractivity contribution in [3.63, 3.8) is 0 Å². The fraction of sp³-hybridized carbons (Fsp3) is 0.486. The van der Waals surface area contributed by atoms with Gasteiger partial charge in [0.1, 0.15) is 34.3 Å². The van der Waals surface area contributed by atoms with Crippen LogP contribution in [0.25, 0.3) is 22.2 Å². The van der Waals surface area contributed by atoms with E-state index < -0.39 is 41.0 Å². The lowest BCUT2D eigenvalue weighted by molar-refractivity contribution is -0.165. The van der Waals surface area contributed by atoms with E-state index in [1.54, 1.807) is 53.7 Å². The van der Waals surface area contributed by atoms with Crippen LogP contribution >= 0.6 is 0 Å². The average molecular weight is 726 g/mol. The van der Waals surface area contributed by atoms with Crippen molar-refractivity contribution < 1.29 is 46.3 Å². The van der Waals surface area contributed by atoms with Gasteiger partial charge >= 0.3 is 24.4 Å². The second-order valence-electron chi connectivity index (χ2n) is 15.2. The van der Waals surface area contributed by atoms with Gasteiger partial charge < -0.3 is 28.6 Å². The molecule has 4 heterocycles. The third-order valence-electron chi connectivity index (χ3n) is 8.81. The molecule has 0 saturated heterocycles. The number of nitrogens with one attached hydrogen (secondary N) is 2. The topological polar surface area (TPSA) is 163 Å². The van der Waals surface area contributed by atoms with Crippen LogP contribution in [0.1, 0.15) is 84.6 Å². The summed E-state index contributed by atoms with van der Waals surface area (Å²) in [5.74, 6) is -0.168. The Bertz CT molecular complexity index is 2060. The highest BCUT2D eigenvalue weighted by molar-refractivity contribution is 6.16. The molecule has 0 atom stereocenters. The van der Waals surface area contributed by atoms with Crippen LogP contribution in [0.2, 0.25) is 0 Å². The molecule has 0 bridgehead atoms. The number of ether oxygens (including phenoxy) is 3. The van der Waals surface area contributed by atoms with Crippen LogP contribution < -0.4 is 20.3 Å². The van der Waals surface area contributed by atoms with Crippen molar-refractivity contribution in [3.8, 4) is 16.9 Å². The molecule has 14 nitrogen and oxygen atoms in total. The summed E-state index contributed by atoms with van der Waals surface area (Å²) in [7, 11) is 0. The first-order valence-corrected chi connectivity index (χ1v) is 16.9. The van der Waals surface area contributed by atoms with Crippen LogP contribution in [0.15, 0.2) is 35.2 Å². The van der Waals surface area contributed by atoms with E-state index in [0.717, 1.165) is 29.4 Å². The highest BCUT2D eigenvalue weighted by Crippen LogP contribution is 2.59. The van der Waals surface area contributed by atoms with Crippen molar-refractivity contribution in [2.75, 3.05) is 22.1 Å². The second kappa shape index (κ2) is 12.1. The van der Waals surface area contributed by atoms with E-state index in [1.165, 1.54) is 6.33 Å². The summed E-state index contributed by atoms with van der Waals surface area (Å²) in [5, 5.41) is 9.15. The van der Waals surface area contributed by atoms with E-state index in [1.807, 2.05) is 10.8 Å². The Balaban J connectivity index is 1.25. The third kappa shape index (κ3) is 6.59. The molecule has 52 heavy (non-hydrogen) atoms. The molecule has 4 aromatic rings. The number of benzene rings is 1. The number of halogens is 3. The van der Waals surface area contributed by atoms with Crippen LogP contribution in [0.3, 0.4) is 0 Å². The van der Waals surface area contributed by atoms with Gasteiger partial charge in [-0.3, -0.25) is 5.32 Å². The predicted molar refractivity (Wildman–Crippen MR) is 181 cm³/mol. The van der Waals surface area contributed by atoms with Gasteiger partial charge in [0, 0.05) is 35.9 Å². The molecule has 7 rings (SSSR count). The lowest BCUT2D eigenvalue weighted by Crippen LogP contribution is -2.44.